The molecule has 6 heteroatoms. The van der Waals surface area contributed by atoms with Crippen LogP contribution in [-0.2, 0) is 4.74 Å². The predicted molar refractivity (Wildman–Crippen MR) is 62.5 cm³/mol. The van der Waals surface area contributed by atoms with Crippen molar-refractivity contribution in [1.29, 1.82) is 0 Å². The number of esters is 2. The quantitative estimate of drug-likeness (QED) is 0.482. The lowest BCUT2D eigenvalue weighted by Crippen LogP contribution is -2.15. The first kappa shape index (κ1) is 13.8. The zero-order chi connectivity index (χ0) is 14.7. The summed E-state index contributed by atoms with van der Waals surface area (Å²) >= 11 is 0. The van der Waals surface area contributed by atoms with Crippen molar-refractivity contribution in [3.05, 3.63) is 71.0 Å². The second-order valence-corrected chi connectivity index (χ2v) is 3.77. The average Bonchev–Trinajstić information content (AvgIpc) is 2.45. The molecule has 0 aromatic heterocycles. The lowest BCUT2D eigenvalue weighted by Gasteiger charge is -2.05. The van der Waals surface area contributed by atoms with E-state index in [2.05, 4.69) is 4.74 Å². The fourth-order valence-electron chi connectivity index (χ4n) is 1.46. The molecule has 0 amide bonds. The maximum atomic E-state index is 13.3. The summed E-state index contributed by atoms with van der Waals surface area (Å²) in [7, 11) is 0. The monoisotopic (exact) mass is 280 g/mol. The number of carbonyl (C=O) groups is 2. The molecule has 2 aromatic carbocycles. The number of benzene rings is 2. The second kappa shape index (κ2) is 5.56. The first-order valence-corrected chi connectivity index (χ1v) is 5.45. The van der Waals surface area contributed by atoms with Gasteiger partial charge in [-0.15, -0.1) is 0 Å². The molecular formula is C14H7F3O3. The van der Waals surface area contributed by atoms with Crippen LogP contribution in [0.25, 0.3) is 0 Å². The van der Waals surface area contributed by atoms with Crippen LogP contribution in [0.3, 0.4) is 0 Å². The third-order valence-electron chi connectivity index (χ3n) is 2.45. The van der Waals surface area contributed by atoms with Gasteiger partial charge < -0.3 is 4.74 Å². The molecule has 2 rings (SSSR count). The van der Waals surface area contributed by atoms with Crippen molar-refractivity contribution in [2.24, 2.45) is 0 Å². The van der Waals surface area contributed by atoms with E-state index < -0.39 is 35.0 Å². The summed E-state index contributed by atoms with van der Waals surface area (Å²) in [6.45, 7) is 0. The minimum Gasteiger partial charge on any atom is -0.386 e. The van der Waals surface area contributed by atoms with E-state index in [1.165, 1.54) is 12.1 Å². The van der Waals surface area contributed by atoms with Crippen LogP contribution in [0.15, 0.2) is 42.5 Å². The smallest absolute Gasteiger partial charge is 0.349 e. The van der Waals surface area contributed by atoms with Crippen LogP contribution in [0.5, 0.6) is 0 Å². The number of carbonyl (C=O) groups excluding carboxylic acids is 2. The SMILES string of the molecule is O=C(OC(=O)c1ccc(F)c(F)c1F)c1ccccc1. The molecule has 0 aliphatic rings. The van der Waals surface area contributed by atoms with Crippen LogP contribution in [0, 0.1) is 17.5 Å². The van der Waals surface area contributed by atoms with Gasteiger partial charge in [-0.25, -0.2) is 22.8 Å². The van der Waals surface area contributed by atoms with Crippen molar-refractivity contribution in [2.75, 3.05) is 0 Å². The molecule has 0 N–H and O–H groups in total. The van der Waals surface area contributed by atoms with E-state index in [4.69, 9.17) is 0 Å². The van der Waals surface area contributed by atoms with E-state index in [9.17, 15) is 22.8 Å². The summed E-state index contributed by atoms with van der Waals surface area (Å²) in [5.41, 5.74) is -0.781. The molecule has 3 nitrogen and oxygen atoms in total. The first-order chi connectivity index (χ1) is 9.50. The van der Waals surface area contributed by atoms with Gasteiger partial charge in [-0.05, 0) is 24.3 Å². The van der Waals surface area contributed by atoms with E-state index in [0.29, 0.717) is 12.1 Å². The fourth-order valence-corrected chi connectivity index (χ4v) is 1.46. The van der Waals surface area contributed by atoms with Gasteiger partial charge in [0.05, 0.1) is 11.1 Å². The van der Waals surface area contributed by atoms with Crippen molar-refractivity contribution in [2.45, 2.75) is 0 Å². The summed E-state index contributed by atoms with van der Waals surface area (Å²) < 4.78 is 43.4. The van der Waals surface area contributed by atoms with Crippen molar-refractivity contribution >= 4 is 11.9 Å². The van der Waals surface area contributed by atoms with Gasteiger partial charge in [-0.1, -0.05) is 18.2 Å². The number of hydrogen-bond acceptors (Lipinski definition) is 3. The van der Waals surface area contributed by atoms with Crippen LogP contribution in [0.4, 0.5) is 13.2 Å². The van der Waals surface area contributed by atoms with Crippen molar-refractivity contribution < 1.29 is 27.5 Å². The molecule has 0 saturated heterocycles. The Bertz CT molecular complexity index is 669. The van der Waals surface area contributed by atoms with Gasteiger partial charge in [0.1, 0.15) is 0 Å². The lowest BCUT2D eigenvalue weighted by molar-refractivity contribution is 0.0394. The van der Waals surface area contributed by atoms with Crippen molar-refractivity contribution in [3.8, 4) is 0 Å². The van der Waals surface area contributed by atoms with Crippen molar-refractivity contribution in [1.82, 2.24) is 0 Å². The van der Waals surface area contributed by atoms with Gasteiger partial charge in [0.15, 0.2) is 17.5 Å². The summed E-state index contributed by atoms with van der Waals surface area (Å²) in [5.74, 6) is -7.34. The first-order valence-electron chi connectivity index (χ1n) is 5.45. The Hall–Kier alpha value is -2.63. The molecule has 0 saturated carbocycles. The standard InChI is InChI=1S/C14H7F3O3/c15-10-7-6-9(11(16)12(10)17)14(19)20-13(18)8-4-2-1-3-5-8/h1-7H. The zero-order valence-corrected chi connectivity index (χ0v) is 9.90. The Morgan fingerprint density at radius 2 is 1.45 bits per heavy atom. The lowest BCUT2D eigenvalue weighted by atomic mass is 10.2. The normalized spacial score (nSPS) is 10.2. The van der Waals surface area contributed by atoms with Gasteiger partial charge in [-0.3, -0.25) is 0 Å². The van der Waals surface area contributed by atoms with E-state index in [1.807, 2.05) is 0 Å². The van der Waals surface area contributed by atoms with Gasteiger partial charge in [0, 0.05) is 0 Å². The molecule has 2 aromatic rings. The second-order valence-electron chi connectivity index (χ2n) is 3.77. The van der Waals surface area contributed by atoms with Gasteiger partial charge in [0.25, 0.3) is 0 Å². The maximum absolute atomic E-state index is 13.3. The Balaban J connectivity index is 2.21. The summed E-state index contributed by atoms with van der Waals surface area (Å²) in [6, 6.07) is 8.77. The molecular weight excluding hydrogens is 273 g/mol. The number of hydrogen-bond donors (Lipinski definition) is 0. The van der Waals surface area contributed by atoms with Crippen LogP contribution in [-0.4, -0.2) is 11.9 Å². The molecule has 0 spiro atoms. The number of ether oxygens (including phenoxy) is 1. The molecule has 0 fully saturated rings. The highest BCUT2D eigenvalue weighted by Gasteiger charge is 2.22. The minimum absolute atomic E-state index is 0.0730. The van der Waals surface area contributed by atoms with Crippen LogP contribution in [0.1, 0.15) is 20.7 Å². The molecule has 0 atom stereocenters. The number of rotatable bonds is 2. The third-order valence-corrected chi connectivity index (χ3v) is 2.45. The van der Waals surface area contributed by atoms with E-state index in [-0.39, 0.29) is 5.56 Å². The summed E-state index contributed by atoms with van der Waals surface area (Å²) in [4.78, 5) is 23.1. The summed E-state index contributed by atoms with van der Waals surface area (Å²) in [6.07, 6.45) is 0. The highest BCUT2D eigenvalue weighted by Crippen LogP contribution is 2.16. The third kappa shape index (κ3) is 2.69. The Labute approximate surface area is 111 Å². The van der Waals surface area contributed by atoms with Crippen LogP contribution < -0.4 is 0 Å². The van der Waals surface area contributed by atoms with Gasteiger partial charge >= 0.3 is 11.9 Å². The highest BCUT2D eigenvalue weighted by atomic mass is 19.2. The fraction of sp³-hybridized carbons (Fsp3) is 0. The topological polar surface area (TPSA) is 43.4 Å². The molecule has 0 bridgehead atoms. The molecule has 0 unspecified atom stereocenters. The van der Waals surface area contributed by atoms with Crippen LogP contribution in [0.2, 0.25) is 0 Å². The highest BCUT2D eigenvalue weighted by molar-refractivity contribution is 6.02. The molecule has 0 radical (unpaired) electrons. The summed E-state index contributed by atoms with van der Waals surface area (Å²) in [5, 5.41) is 0. The van der Waals surface area contributed by atoms with E-state index >= 15 is 0 Å². The zero-order valence-electron chi connectivity index (χ0n) is 9.90. The van der Waals surface area contributed by atoms with Crippen molar-refractivity contribution in [3.63, 3.8) is 0 Å². The van der Waals surface area contributed by atoms with Gasteiger partial charge in [-0.2, -0.15) is 0 Å². The largest absolute Gasteiger partial charge is 0.386 e. The molecule has 0 aliphatic heterocycles. The van der Waals surface area contributed by atoms with E-state index in [1.54, 1.807) is 18.2 Å². The molecule has 0 aliphatic carbocycles. The molecule has 102 valence electrons. The number of halogens is 3. The van der Waals surface area contributed by atoms with E-state index in [0.717, 1.165) is 0 Å². The maximum Gasteiger partial charge on any atom is 0.349 e. The predicted octanol–water partition coefficient (Wildman–Crippen LogP) is 3.10. The van der Waals surface area contributed by atoms with Crippen LogP contribution >= 0.6 is 0 Å². The Morgan fingerprint density at radius 3 is 2.10 bits per heavy atom. The average molecular weight is 280 g/mol. The van der Waals surface area contributed by atoms with Gasteiger partial charge in [0.2, 0.25) is 0 Å². The Kier molecular flexibility index (Phi) is 3.84. The Morgan fingerprint density at radius 1 is 0.800 bits per heavy atom. The minimum atomic E-state index is -1.80. The molecule has 20 heavy (non-hydrogen) atoms. The molecule has 0 heterocycles.